The fraction of sp³-hybridized carbons (Fsp3) is 0.211. The molecule has 3 aromatic rings. The molecule has 1 aliphatic rings. The van der Waals surface area contributed by atoms with Gasteiger partial charge in [0.05, 0.1) is 12.0 Å². The molecule has 1 saturated carbocycles. The second kappa shape index (κ2) is 5.21. The SMILES string of the molecule is c1ccc(Cn2cnc(-c3ccccc3)c2C2CC2)cc1. The molecule has 21 heavy (non-hydrogen) atoms. The van der Waals surface area contributed by atoms with Crippen molar-refractivity contribution in [2.24, 2.45) is 0 Å². The summed E-state index contributed by atoms with van der Waals surface area (Å²) in [5, 5.41) is 0. The monoisotopic (exact) mass is 274 g/mol. The van der Waals surface area contributed by atoms with Gasteiger partial charge in [0.2, 0.25) is 0 Å². The summed E-state index contributed by atoms with van der Waals surface area (Å²) in [6, 6.07) is 21.2. The van der Waals surface area contributed by atoms with E-state index < -0.39 is 0 Å². The number of hydrogen-bond donors (Lipinski definition) is 0. The van der Waals surface area contributed by atoms with Crippen molar-refractivity contribution >= 4 is 0 Å². The van der Waals surface area contributed by atoms with Gasteiger partial charge in [0.25, 0.3) is 0 Å². The van der Waals surface area contributed by atoms with E-state index in [4.69, 9.17) is 4.98 Å². The summed E-state index contributed by atoms with van der Waals surface area (Å²) in [7, 11) is 0. The largest absolute Gasteiger partial charge is 0.329 e. The first-order chi connectivity index (χ1) is 10.4. The fourth-order valence-electron chi connectivity index (χ4n) is 2.90. The second-order valence-corrected chi connectivity index (χ2v) is 5.73. The Balaban J connectivity index is 1.74. The maximum atomic E-state index is 4.71. The molecular weight excluding hydrogens is 256 g/mol. The van der Waals surface area contributed by atoms with Gasteiger partial charge in [-0.1, -0.05) is 60.7 Å². The maximum Gasteiger partial charge on any atom is 0.0959 e. The van der Waals surface area contributed by atoms with Crippen LogP contribution in [-0.2, 0) is 6.54 Å². The van der Waals surface area contributed by atoms with Crippen LogP contribution in [0.1, 0.15) is 30.0 Å². The Bertz CT molecular complexity index is 725. The molecule has 1 aliphatic carbocycles. The third kappa shape index (κ3) is 2.49. The minimum absolute atomic E-state index is 0.686. The Morgan fingerprint density at radius 1 is 0.905 bits per heavy atom. The molecule has 1 heterocycles. The van der Waals surface area contributed by atoms with Crippen LogP contribution in [0.5, 0.6) is 0 Å². The first-order valence-corrected chi connectivity index (χ1v) is 7.56. The van der Waals surface area contributed by atoms with E-state index in [9.17, 15) is 0 Å². The van der Waals surface area contributed by atoms with Crippen molar-refractivity contribution in [1.82, 2.24) is 9.55 Å². The lowest BCUT2D eigenvalue weighted by molar-refractivity contribution is 0.743. The van der Waals surface area contributed by atoms with Gasteiger partial charge in [0, 0.05) is 23.7 Å². The molecule has 0 amide bonds. The highest BCUT2D eigenvalue weighted by Gasteiger charge is 2.30. The van der Waals surface area contributed by atoms with Crippen LogP contribution in [0.2, 0.25) is 0 Å². The highest BCUT2D eigenvalue weighted by atomic mass is 15.1. The molecule has 1 aromatic heterocycles. The predicted molar refractivity (Wildman–Crippen MR) is 85.2 cm³/mol. The highest BCUT2D eigenvalue weighted by Crippen LogP contribution is 2.44. The molecule has 0 atom stereocenters. The van der Waals surface area contributed by atoms with Gasteiger partial charge in [-0.3, -0.25) is 0 Å². The number of hydrogen-bond acceptors (Lipinski definition) is 1. The highest BCUT2D eigenvalue weighted by molar-refractivity contribution is 5.63. The van der Waals surface area contributed by atoms with Crippen LogP contribution in [0.3, 0.4) is 0 Å². The minimum Gasteiger partial charge on any atom is -0.329 e. The summed E-state index contributed by atoms with van der Waals surface area (Å²) < 4.78 is 2.33. The smallest absolute Gasteiger partial charge is 0.0959 e. The predicted octanol–water partition coefficient (Wildman–Crippen LogP) is 4.48. The standard InChI is InChI=1S/C19H18N2/c1-3-7-15(8-4-1)13-21-14-20-18(19(21)17-11-12-17)16-9-5-2-6-10-16/h1-10,14,17H,11-13H2. The Morgan fingerprint density at radius 3 is 2.24 bits per heavy atom. The molecular formula is C19H18N2. The van der Waals surface area contributed by atoms with Gasteiger partial charge in [-0.25, -0.2) is 4.98 Å². The van der Waals surface area contributed by atoms with Gasteiger partial charge in [0.15, 0.2) is 0 Å². The Kier molecular flexibility index (Phi) is 3.07. The van der Waals surface area contributed by atoms with Gasteiger partial charge < -0.3 is 4.57 Å². The van der Waals surface area contributed by atoms with E-state index in [0.29, 0.717) is 5.92 Å². The zero-order chi connectivity index (χ0) is 14.1. The molecule has 4 rings (SSSR count). The third-order valence-corrected chi connectivity index (χ3v) is 4.09. The molecule has 2 heteroatoms. The zero-order valence-electron chi connectivity index (χ0n) is 11.9. The van der Waals surface area contributed by atoms with E-state index in [-0.39, 0.29) is 0 Å². The van der Waals surface area contributed by atoms with E-state index in [2.05, 4.69) is 65.2 Å². The quantitative estimate of drug-likeness (QED) is 0.686. The molecule has 2 nitrogen and oxygen atoms in total. The zero-order valence-corrected chi connectivity index (χ0v) is 11.9. The average Bonchev–Trinajstić information content (AvgIpc) is 3.30. The van der Waals surface area contributed by atoms with E-state index in [0.717, 1.165) is 12.2 Å². The van der Waals surface area contributed by atoms with Crippen molar-refractivity contribution in [1.29, 1.82) is 0 Å². The van der Waals surface area contributed by atoms with Gasteiger partial charge >= 0.3 is 0 Å². The van der Waals surface area contributed by atoms with Crippen LogP contribution < -0.4 is 0 Å². The second-order valence-electron chi connectivity index (χ2n) is 5.73. The first kappa shape index (κ1) is 12.4. The fourth-order valence-corrected chi connectivity index (χ4v) is 2.90. The van der Waals surface area contributed by atoms with Crippen LogP contribution in [0.15, 0.2) is 67.0 Å². The molecule has 0 bridgehead atoms. The van der Waals surface area contributed by atoms with Gasteiger partial charge in [0.1, 0.15) is 0 Å². The molecule has 104 valence electrons. The molecule has 0 saturated heterocycles. The molecule has 2 aromatic carbocycles. The summed E-state index contributed by atoms with van der Waals surface area (Å²) in [5.74, 6) is 0.686. The Labute approximate surface area is 125 Å². The van der Waals surface area contributed by atoms with E-state index in [1.807, 2.05) is 6.33 Å². The summed E-state index contributed by atoms with van der Waals surface area (Å²) in [4.78, 5) is 4.71. The number of rotatable bonds is 4. The summed E-state index contributed by atoms with van der Waals surface area (Å²) >= 11 is 0. The molecule has 0 radical (unpaired) electrons. The Morgan fingerprint density at radius 2 is 1.57 bits per heavy atom. The van der Waals surface area contributed by atoms with Crippen LogP contribution in [0.25, 0.3) is 11.3 Å². The number of nitrogens with zero attached hydrogens (tertiary/aromatic N) is 2. The van der Waals surface area contributed by atoms with Crippen molar-refractivity contribution in [3.8, 4) is 11.3 Å². The van der Waals surface area contributed by atoms with Crippen LogP contribution in [0, 0.1) is 0 Å². The van der Waals surface area contributed by atoms with E-state index >= 15 is 0 Å². The van der Waals surface area contributed by atoms with E-state index in [1.54, 1.807) is 0 Å². The maximum absolute atomic E-state index is 4.71. The molecule has 0 aliphatic heterocycles. The topological polar surface area (TPSA) is 17.8 Å². The van der Waals surface area contributed by atoms with Gasteiger partial charge in [-0.2, -0.15) is 0 Å². The summed E-state index contributed by atoms with van der Waals surface area (Å²) in [6.07, 6.45) is 4.59. The number of imidazole rings is 1. The average molecular weight is 274 g/mol. The number of benzene rings is 2. The number of aromatic nitrogens is 2. The van der Waals surface area contributed by atoms with Crippen LogP contribution in [-0.4, -0.2) is 9.55 Å². The molecule has 0 N–H and O–H groups in total. The lowest BCUT2D eigenvalue weighted by atomic mass is 10.1. The third-order valence-electron chi connectivity index (χ3n) is 4.09. The van der Waals surface area contributed by atoms with Gasteiger partial charge in [-0.05, 0) is 18.4 Å². The molecule has 0 unspecified atom stereocenters. The van der Waals surface area contributed by atoms with Gasteiger partial charge in [-0.15, -0.1) is 0 Å². The van der Waals surface area contributed by atoms with Crippen molar-refractivity contribution in [2.75, 3.05) is 0 Å². The molecule has 1 fully saturated rings. The lowest BCUT2D eigenvalue weighted by Gasteiger charge is -2.09. The van der Waals surface area contributed by atoms with Crippen molar-refractivity contribution in [3.05, 3.63) is 78.2 Å². The first-order valence-electron chi connectivity index (χ1n) is 7.56. The van der Waals surface area contributed by atoms with Crippen molar-refractivity contribution in [3.63, 3.8) is 0 Å². The van der Waals surface area contributed by atoms with E-state index in [1.165, 1.54) is 29.7 Å². The molecule has 0 spiro atoms. The minimum atomic E-state index is 0.686. The summed E-state index contributed by atoms with van der Waals surface area (Å²) in [6.45, 7) is 0.909. The van der Waals surface area contributed by atoms with Crippen LogP contribution >= 0.6 is 0 Å². The Hall–Kier alpha value is -2.35. The summed E-state index contributed by atoms with van der Waals surface area (Å²) in [5.41, 5.74) is 5.13. The lowest BCUT2D eigenvalue weighted by Crippen LogP contribution is -2.03. The van der Waals surface area contributed by atoms with Crippen molar-refractivity contribution < 1.29 is 0 Å². The van der Waals surface area contributed by atoms with Crippen molar-refractivity contribution in [2.45, 2.75) is 25.3 Å². The normalized spacial score (nSPS) is 14.3. The van der Waals surface area contributed by atoms with Crippen LogP contribution in [0.4, 0.5) is 0 Å².